The highest BCUT2D eigenvalue weighted by molar-refractivity contribution is 7.92. The van der Waals surface area contributed by atoms with Gasteiger partial charge in [0.15, 0.2) is 0 Å². The minimum absolute atomic E-state index is 0.0297. The molecule has 174 valence electrons. The van der Waals surface area contributed by atoms with Gasteiger partial charge in [0.1, 0.15) is 0 Å². The molecule has 0 spiro atoms. The number of carbonyl (C=O) groups excluding carboxylic acids is 1. The third-order valence-corrected chi connectivity index (χ3v) is 7.78. The van der Waals surface area contributed by atoms with E-state index in [0.29, 0.717) is 12.1 Å². The maximum Gasteiger partial charge on any atom is 0.416 e. The van der Waals surface area contributed by atoms with Crippen LogP contribution in [0.3, 0.4) is 0 Å². The van der Waals surface area contributed by atoms with Gasteiger partial charge in [0, 0.05) is 19.0 Å². The lowest BCUT2D eigenvalue weighted by Crippen LogP contribution is -2.48. The molecule has 2 aromatic rings. The fourth-order valence-corrected chi connectivity index (χ4v) is 5.15. The summed E-state index contributed by atoms with van der Waals surface area (Å²) in [6, 6.07) is 4.55. The van der Waals surface area contributed by atoms with Crippen molar-refractivity contribution in [3.8, 4) is 0 Å². The molecule has 32 heavy (non-hydrogen) atoms. The highest BCUT2D eigenvalue weighted by atomic mass is 32.2. The molecule has 0 radical (unpaired) electrons. The van der Waals surface area contributed by atoms with Crippen molar-refractivity contribution in [1.82, 2.24) is 9.88 Å². The Morgan fingerprint density at radius 3 is 2.16 bits per heavy atom. The van der Waals surface area contributed by atoms with E-state index in [1.165, 1.54) is 11.0 Å². The van der Waals surface area contributed by atoms with Gasteiger partial charge >= 0.3 is 12.2 Å². The van der Waals surface area contributed by atoms with Crippen LogP contribution in [-0.4, -0.2) is 42.4 Å². The van der Waals surface area contributed by atoms with Gasteiger partial charge in [-0.15, -0.1) is 0 Å². The second kappa shape index (κ2) is 8.64. The van der Waals surface area contributed by atoms with E-state index in [1.807, 2.05) is 0 Å². The number of hydrogen-bond donors (Lipinski definition) is 1. The Morgan fingerprint density at radius 2 is 1.66 bits per heavy atom. The fourth-order valence-electron chi connectivity index (χ4n) is 3.52. The van der Waals surface area contributed by atoms with E-state index in [9.17, 15) is 30.8 Å². The molecule has 0 aliphatic carbocycles. The Labute approximate surface area is 181 Å². The number of piperidine rings is 1. The second-order valence-corrected chi connectivity index (χ2v) is 9.85. The molecule has 0 saturated carbocycles. The smallest absolute Gasteiger partial charge is 0.325 e. The lowest BCUT2D eigenvalue weighted by atomic mass is 9.92. The Hall–Kier alpha value is -2.76. The summed E-state index contributed by atoms with van der Waals surface area (Å²) in [5, 5.41) is -0.220. The number of alkyl halides is 4. The van der Waals surface area contributed by atoms with Crippen molar-refractivity contribution < 1.29 is 35.2 Å². The molecule has 1 fully saturated rings. The molecule has 1 aromatic heterocycles. The molecule has 2 heterocycles. The number of sulfone groups is 1. The molecule has 1 atom stereocenters. The lowest BCUT2D eigenvalue weighted by molar-refractivity contribution is -0.137. The average Bonchev–Trinajstić information content (AvgIpc) is 2.74. The Bertz CT molecular complexity index is 1060. The van der Waals surface area contributed by atoms with E-state index in [2.05, 4.69) is 10.3 Å². The summed E-state index contributed by atoms with van der Waals surface area (Å²) >= 11 is 0. The first-order valence-electron chi connectivity index (χ1n) is 9.60. The van der Waals surface area contributed by atoms with Gasteiger partial charge in [-0.25, -0.2) is 22.6 Å². The zero-order chi connectivity index (χ0) is 23.7. The SMILES string of the molecule is CC(F)(C1CCN(C(=O)Nc2ccc(F)nc2)CC1)S(=O)(=O)c1ccc(C(F)(F)F)cc1. The number of halogens is 5. The zero-order valence-electron chi connectivity index (χ0n) is 16.9. The molecule has 1 N–H and O–H groups in total. The highest BCUT2D eigenvalue weighted by Gasteiger charge is 2.48. The first-order chi connectivity index (χ1) is 14.8. The number of nitrogens with one attached hydrogen (secondary N) is 1. The molecule has 1 saturated heterocycles. The summed E-state index contributed by atoms with van der Waals surface area (Å²) in [6.07, 6.45) is -3.45. The topological polar surface area (TPSA) is 79.4 Å². The van der Waals surface area contributed by atoms with Crippen LogP contribution < -0.4 is 5.32 Å². The zero-order valence-corrected chi connectivity index (χ0v) is 17.7. The molecular formula is C20H20F5N3O3S. The van der Waals surface area contributed by atoms with Crippen molar-refractivity contribution in [3.05, 3.63) is 54.1 Å². The summed E-state index contributed by atoms with van der Waals surface area (Å²) in [5.41, 5.74) is -0.772. The van der Waals surface area contributed by atoms with Gasteiger partial charge in [-0.2, -0.15) is 17.6 Å². The summed E-state index contributed by atoms with van der Waals surface area (Å²) in [6.45, 7) is 1.02. The van der Waals surface area contributed by atoms with Crippen molar-refractivity contribution in [2.75, 3.05) is 18.4 Å². The summed E-state index contributed by atoms with van der Waals surface area (Å²) in [5.74, 6) is -1.67. The fraction of sp³-hybridized carbons (Fsp3) is 0.400. The predicted molar refractivity (Wildman–Crippen MR) is 106 cm³/mol. The lowest BCUT2D eigenvalue weighted by Gasteiger charge is -2.37. The summed E-state index contributed by atoms with van der Waals surface area (Å²) in [4.78, 5) is 16.6. The molecular weight excluding hydrogens is 457 g/mol. The molecule has 1 aliphatic heterocycles. The van der Waals surface area contributed by atoms with Crippen molar-refractivity contribution in [1.29, 1.82) is 0 Å². The number of likely N-dealkylation sites (tertiary alicyclic amines) is 1. The van der Waals surface area contributed by atoms with E-state index in [1.54, 1.807) is 0 Å². The molecule has 0 bridgehead atoms. The number of nitrogens with zero attached hydrogens (tertiary/aromatic N) is 2. The van der Waals surface area contributed by atoms with E-state index in [4.69, 9.17) is 0 Å². The monoisotopic (exact) mass is 477 g/mol. The van der Waals surface area contributed by atoms with E-state index < -0.39 is 49.4 Å². The van der Waals surface area contributed by atoms with Crippen molar-refractivity contribution >= 4 is 21.6 Å². The number of hydrogen-bond acceptors (Lipinski definition) is 4. The van der Waals surface area contributed by atoms with Gasteiger partial charge in [-0.05, 0) is 56.2 Å². The Morgan fingerprint density at radius 1 is 1.06 bits per heavy atom. The normalized spacial score (nSPS) is 17.6. The molecule has 1 unspecified atom stereocenters. The van der Waals surface area contributed by atoms with Gasteiger partial charge in [0.05, 0.1) is 22.3 Å². The van der Waals surface area contributed by atoms with Gasteiger partial charge in [0.25, 0.3) is 0 Å². The van der Waals surface area contributed by atoms with Gasteiger partial charge in [0.2, 0.25) is 20.8 Å². The molecule has 3 rings (SSSR count). The number of rotatable bonds is 4. The van der Waals surface area contributed by atoms with E-state index >= 15 is 4.39 Å². The van der Waals surface area contributed by atoms with Crippen LogP contribution in [0.5, 0.6) is 0 Å². The minimum atomic E-state index is -4.64. The largest absolute Gasteiger partial charge is 0.416 e. The number of urea groups is 1. The second-order valence-electron chi connectivity index (χ2n) is 7.57. The maximum absolute atomic E-state index is 15.5. The molecule has 1 aromatic carbocycles. The summed E-state index contributed by atoms with van der Waals surface area (Å²) < 4.78 is 92.1. The Balaban J connectivity index is 1.66. The van der Waals surface area contributed by atoms with Crippen molar-refractivity contribution in [3.63, 3.8) is 0 Å². The first-order valence-corrected chi connectivity index (χ1v) is 11.1. The van der Waals surface area contributed by atoms with Crippen LogP contribution in [0, 0.1) is 11.9 Å². The number of anilines is 1. The standard InChI is InChI=1S/C20H20F5N3O3S/c1-19(22,32(30,31)16-5-2-14(3-6-16)20(23,24)25)13-8-10-28(11-9-13)18(29)27-15-4-7-17(21)26-12-15/h2-7,12-13H,8-11H2,1H3,(H,27,29). The Kier molecular flexibility index (Phi) is 6.45. The number of aromatic nitrogens is 1. The first kappa shape index (κ1) is 23.9. The van der Waals surface area contributed by atoms with Gasteiger partial charge in [-0.1, -0.05) is 0 Å². The molecule has 1 aliphatic rings. The maximum atomic E-state index is 15.5. The average molecular weight is 477 g/mol. The predicted octanol–water partition coefficient (Wildman–Crippen LogP) is 4.64. The van der Waals surface area contributed by atoms with Crippen LogP contribution in [0.1, 0.15) is 25.3 Å². The van der Waals surface area contributed by atoms with Crippen LogP contribution in [0.4, 0.5) is 32.4 Å². The number of pyridine rings is 1. The van der Waals surface area contributed by atoms with Gasteiger partial charge < -0.3 is 10.2 Å². The van der Waals surface area contributed by atoms with Crippen LogP contribution in [0.25, 0.3) is 0 Å². The molecule has 6 nitrogen and oxygen atoms in total. The van der Waals surface area contributed by atoms with E-state index in [0.717, 1.165) is 31.3 Å². The third kappa shape index (κ3) is 4.84. The number of amides is 2. The number of carbonyl (C=O) groups is 1. The van der Waals surface area contributed by atoms with Crippen LogP contribution >= 0.6 is 0 Å². The van der Waals surface area contributed by atoms with Crippen molar-refractivity contribution in [2.24, 2.45) is 5.92 Å². The third-order valence-electron chi connectivity index (χ3n) is 5.51. The number of benzene rings is 1. The molecule has 12 heteroatoms. The highest BCUT2D eigenvalue weighted by Crippen LogP contribution is 2.40. The minimum Gasteiger partial charge on any atom is -0.325 e. The summed E-state index contributed by atoms with van der Waals surface area (Å²) in [7, 11) is -4.59. The van der Waals surface area contributed by atoms with E-state index in [-0.39, 0.29) is 31.6 Å². The van der Waals surface area contributed by atoms with Crippen LogP contribution in [0.2, 0.25) is 0 Å². The van der Waals surface area contributed by atoms with Gasteiger partial charge in [-0.3, -0.25) is 0 Å². The molecule has 2 amide bonds. The van der Waals surface area contributed by atoms with Crippen LogP contribution in [0.15, 0.2) is 47.5 Å². The van der Waals surface area contributed by atoms with Crippen molar-refractivity contribution in [2.45, 2.75) is 35.8 Å². The van der Waals surface area contributed by atoms with Crippen LogP contribution in [-0.2, 0) is 16.0 Å². The quantitative estimate of drug-likeness (QED) is 0.514.